The Labute approximate surface area is 190 Å². The summed E-state index contributed by atoms with van der Waals surface area (Å²) in [5, 5.41) is 10.7. The van der Waals surface area contributed by atoms with Crippen LogP contribution in [0.4, 0.5) is 0 Å². The van der Waals surface area contributed by atoms with Crippen LogP contribution in [0.25, 0.3) is 0 Å². The van der Waals surface area contributed by atoms with Gasteiger partial charge in [-0.05, 0) is 61.2 Å². The van der Waals surface area contributed by atoms with E-state index >= 15 is 0 Å². The van der Waals surface area contributed by atoms with Crippen molar-refractivity contribution in [2.75, 3.05) is 38.9 Å². The molecule has 1 saturated heterocycles. The fourth-order valence-electron chi connectivity index (χ4n) is 3.94. The highest BCUT2D eigenvalue weighted by molar-refractivity contribution is 7.91. The quantitative estimate of drug-likeness (QED) is 0.580. The molecule has 32 heavy (non-hydrogen) atoms. The molecule has 2 aromatic rings. The number of hydrogen-bond acceptors (Lipinski definition) is 7. The van der Waals surface area contributed by atoms with Crippen LogP contribution in [0.2, 0.25) is 0 Å². The summed E-state index contributed by atoms with van der Waals surface area (Å²) < 4.78 is 40.7. The number of ether oxygens (including phenoxy) is 3. The molecule has 7 nitrogen and oxygen atoms in total. The molecule has 2 unspecified atom stereocenters. The first-order valence-electron chi connectivity index (χ1n) is 10.7. The fourth-order valence-corrected chi connectivity index (χ4v) is 5.70. The van der Waals surface area contributed by atoms with Crippen LogP contribution in [-0.4, -0.2) is 69.4 Å². The van der Waals surface area contributed by atoms with Gasteiger partial charge in [-0.25, -0.2) is 8.42 Å². The molecule has 2 atom stereocenters. The van der Waals surface area contributed by atoms with E-state index in [1.165, 1.54) is 5.56 Å². The maximum absolute atomic E-state index is 12.1. The first-order valence-corrected chi connectivity index (χ1v) is 12.6. The molecule has 1 N–H and O–H groups in total. The Hall–Kier alpha value is -2.29. The summed E-state index contributed by atoms with van der Waals surface area (Å²) in [7, 11) is 0.107. The maximum Gasteiger partial charge on any atom is 0.161 e. The van der Waals surface area contributed by atoms with Gasteiger partial charge < -0.3 is 19.3 Å². The van der Waals surface area contributed by atoms with Crippen LogP contribution in [-0.2, 0) is 16.4 Å². The zero-order chi connectivity index (χ0) is 23.3. The first-order chi connectivity index (χ1) is 15.2. The number of aryl methyl sites for hydroxylation is 2. The molecule has 0 bridgehead atoms. The van der Waals surface area contributed by atoms with Crippen LogP contribution >= 0.6 is 0 Å². The van der Waals surface area contributed by atoms with E-state index in [0.29, 0.717) is 36.8 Å². The van der Waals surface area contributed by atoms with Crippen molar-refractivity contribution in [3.05, 3.63) is 53.1 Å². The lowest BCUT2D eigenvalue weighted by Crippen LogP contribution is -2.42. The second kappa shape index (κ2) is 10.6. The van der Waals surface area contributed by atoms with Gasteiger partial charge in [0, 0.05) is 19.1 Å². The number of hydrogen-bond donors (Lipinski definition) is 1. The molecular formula is C24H33NO6S. The molecule has 8 heteroatoms. The van der Waals surface area contributed by atoms with Gasteiger partial charge in [-0.3, -0.25) is 4.90 Å². The fraction of sp³-hybridized carbons (Fsp3) is 0.500. The Morgan fingerprint density at radius 3 is 2.44 bits per heavy atom. The third-order valence-electron chi connectivity index (χ3n) is 5.92. The van der Waals surface area contributed by atoms with Gasteiger partial charge >= 0.3 is 0 Å². The summed E-state index contributed by atoms with van der Waals surface area (Å²) in [4.78, 5) is 2.03. The molecule has 1 aliphatic rings. The Balaban J connectivity index is 1.70. The molecule has 176 valence electrons. The van der Waals surface area contributed by atoms with Crippen molar-refractivity contribution in [2.24, 2.45) is 0 Å². The molecule has 0 radical (unpaired) electrons. The molecule has 0 amide bonds. The van der Waals surface area contributed by atoms with Gasteiger partial charge in [0.1, 0.15) is 18.5 Å². The van der Waals surface area contributed by atoms with Crippen LogP contribution in [0.5, 0.6) is 17.2 Å². The minimum Gasteiger partial charge on any atom is -0.493 e. The van der Waals surface area contributed by atoms with Crippen molar-refractivity contribution in [3.8, 4) is 17.2 Å². The molecule has 1 heterocycles. The predicted octanol–water partition coefficient (Wildman–Crippen LogP) is 2.75. The molecule has 0 aliphatic carbocycles. The molecular weight excluding hydrogens is 430 g/mol. The normalized spacial score (nSPS) is 18.5. The summed E-state index contributed by atoms with van der Waals surface area (Å²) in [5.41, 5.74) is 3.26. The third-order valence-corrected chi connectivity index (χ3v) is 7.67. The minimum absolute atomic E-state index is 0.102. The SMILES string of the molecule is COc1ccc(CN(CC(O)COc2ccc(C)c(C)c2)C2CCS(=O)(=O)C2)cc1OC. The summed E-state index contributed by atoms with van der Waals surface area (Å²) >= 11 is 0. The highest BCUT2D eigenvalue weighted by Gasteiger charge is 2.33. The molecule has 1 aliphatic heterocycles. The van der Waals surface area contributed by atoms with Crippen molar-refractivity contribution in [2.45, 2.75) is 39.0 Å². The summed E-state index contributed by atoms with van der Waals surface area (Å²) in [6.45, 7) is 4.98. The van der Waals surface area contributed by atoms with Crippen LogP contribution in [0, 0.1) is 13.8 Å². The average molecular weight is 464 g/mol. The van der Waals surface area contributed by atoms with Gasteiger partial charge in [-0.2, -0.15) is 0 Å². The van der Waals surface area contributed by atoms with E-state index in [9.17, 15) is 13.5 Å². The Morgan fingerprint density at radius 1 is 1.06 bits per heavy atom. The van der Waals surface area contributed by atoms with Crippen molar-refractivity contribution >= 4 is 9.84 Å². The number of rotatable bonds is 10. The Bertz CT molecular complexity index is 1020. The average Bonchev–Trinajstić information content (AvgIpc) is 3.13. The minimum atomic E-state index is -3.06. The van der Waals surface area contributed by atoms with Gasteiger partial charge in [0.05, 0.1) is 25.7 Å². The Morgan fingerprint density at radius 2 is 1.81 bits per heavy atom. The number of aliphatic hydroxyl groups is 1. The largest absolute Gasteiger partial charge is 0.493 e. The molecule has 2 aromatic carbocycles. The van der Waals surface area contributed by atoms with Gasteiger partial charge in [0.25, 0.3) is 0 Å². The van der Waals surface area contributed by atoms with Crippen LogP contribution in [0.1, 0.15) is 23.1 Å². The Kier molecular flexibility index (Phi) is 8.03. The topological polar surface area (TPSA) is 85.3 Å². The number of aliphatic hydroxyl groups excluding tert-OH is 1. The van der Waals surface area contributed by atoms with Crippen LogP contribution in [0.3, 0.4) is 0 Å². The van der Waals surface area contributed by atoms with Crippen LogP contribution < -0.4 is 14.2 Å². The summed E-state index contributed by atoms with van der Waals surface area (Å²) in [5.74, 6) is 2.23. The van der Waals surface area contributed by atoms with Gasteiger partial charge in [0.2, 0.25) is 0 Å². The van der Waals surface area contributed by atoms with Crippen molar-refractivity contribution in [3.63, 3.8) is 0 Å². The molecule has 0 spiro atoms. The van der Waals surface area contributed by atoms with Crippen molar-refractivity contribution in [1.29, 1.82) is 0 Å². The van der Waals surface area contributed by atoms with E-state index in [-0.39, 0.29) is 24.2 Å². The van der Waals surface area contributed by atoms with Gasteiger partial charge in [0.15, 0.2) is 21.3 Å². The molecule has 0 aromatic heterocycles. The number of benzene rings is 2. The molecule has 1 fully saturated rings. The maximum atomic E-state index is 12.1. The summed E-state index contributed by atoms with van der Waals surface area (Å²) in [6, 6.07) is 11.3. The van der Waals surface area contributed by atoms with Gasteiger partial charge in [-0.15, -0.1) is 0 Å². The second-order valence-electron chi connectivity index (χ2n) is 8.39. The monoisotopic (exact) mass is 463 g/mol. The number of sulfone groups is 1. The zero-order valence-electron chi connectivity index (χ0n) is 19.2. The summed E-state index contributed by atoms with van der Waals surface area (Å²) in [6.07, 6.45) is -0.208. The lowest BCUT2D eigenvalue weighted by atomic mass is 10.1. The molecule has 3 rings (SSSR count). The highest BCUT2D eigenvalue weighted by atomic mass is 32.2. The van der Waals surface area contributed by atoms with E-state index in [2.05, 4.69) is 0 Å². The third kappa shape index (κ3) is 6.37. The number of nitrogens with zero attached hydrogens (tertiary/aromatic N) is 1. The molecule has 0 saturated carbocycles. The lowest BCUT2D eigenvalue weighted by molar-refractivity contribution is 0.0524. The zero-order valence-corrected chi connectivity index (χ0v) is 20.0. The van der Waals surface area contributed by atoms with Crippen molar-refractivity contribution < 1.29 is 27.7 Å². The second-order valence-corrected chi connectivity index (χ2v) is 10.6. The lowest BCUT2D eigenvalue weighted by Gasteiger charge is -2.30. The van der Waals surface area contributed by atoms with Crippen LogP contribution in [0.15, 0.2) is 36.4 Å². The first kappa shape index (κ1) is 24.4. The van der Waals surface area contributed by atoms with E-state index < -0.39 is 15.9 Å². The van der Waals surface area contributed by atoms with Crippen molar-refractivity contribution in [1.82, 2.24) is 4.90 Å². The smallest absolute Gasteiger partial charge is 0.161 e. The van der Waals surface area contributed by atoms with E-state index in [4.69, 9.17) is 14.2 Å². The van der Waals surface area contributed by atoms with Gasteiger partial charge in [-0.1, -0.05) is 12.1 Å². The highest BCUT2D eigenvalue weighted by Crippen LogP contribution is 2.29. The predicted molar refractivity (Wildman–Crippen MR) is 124 cm³/mol. The van der Waals surface area contributed by atoms with E-state index in [1.807, 2.05) is 55.1 Å². The van der Waals surface area contributed by atoms with E-state index in [1.54, 1.807) is 14.2 Å². The standard InChI is InChI=1S/C24H33NO6S/c1-17-5-7-22(11-18(17)2)31-15-21(26)14-25(20-9-10-32(27,28)16-20)13-19-6-8-23(29-3)24(12-19)30-4/h5-8,11-12,20-21,26H,9-10,13-16H2,1-4H3. The number of methoxy groups -OCH3 is 2. The van der Waals surface area contributed by atoms with E-state index in [0.717, 1.165) is 11.1 Å².